The number of nitrogens with zero attached hydrogens (tertiary/aromatic N) is 2. The Balaban J connectivity index is 1.82. The molecule has 3 rings (SSSR count). The number of aromatic nitrogens is 2. The normalized spacial score (nSPS) is 16.3. The van der Waals surface area contributed by atoms with Gasteiger partial charge < -0.3 is 9.47 Å². The zero-order chi connectivity index (χ0) is 14.7. The summed E-state index contributed by atoms with van der Waals surface area (Å²) in [5, 5.41) is 0.975. The molecule has 6 nitrogen and oxygen atoms in total. The predicted octanol–water partition coefficient (Wildman–Crippen LogP) is 2.34. The van der Waals surface area contributed by atoms with Gasteiger partial charge in [0, 0.05) is 18.1 Å². The van der Waals surface area contributed by atoms with Gasteiger partial charge in [-0.25, -0.2) is 10.8 Å². The Bertz CT molecular complexity index is 610. The maximum Gasteiger partial charge on any atom is 0.241 e. The Kier molecular flexibility index (Phi) is 4.52. The molecule has 3 N–H and O–H groups in total. The van der Waals surface area contributed by atoms with Gasteiger partial charge >= 0.3 is 0 Å². The van der Waals surface area contributed by atoms with Crippen LogP contribution in [-0.4, -0.2) is 29.8 Å². The molecule has 0 spiro atoms. The molecule has 0 aliphatic carbocycles. The van der Waals surface area contributed by atoms with Gasteiger partial charge in [0.1, 0.15) is 4.83 Å². The molecule has 0 unspecified atom stereocenters. The van der Waals surface area contributed by atoms with Crippen molar-refractivity contribution in [2.75, 3.05) is 25.2 Å². The Morgan fingerprint density at radius 2 is 2.24 bits per heavy atom. The van der Waals surface area contributed by atoms with Gasteiger partial charge in [-0.1, -0.05) is 6.92 Å². The number of nitrogens with two attached hydrogens (primary N) is 1. The van der Waals surface area contributed by atoms with Gasteiger partial charge in [0.05, 0.1) is 12.0 Å². The van der Waals surface area contributed by atoms with Gasteiger partial charge in [-0.15, -0.1) is 11.3 Å². The van der Waals surface area contributed by atoms with Crippen LogP contribution in [-0.2, 0) is 11.2 Å². The summed E-state index contributed by atoms with van der Waals surface area (Å²) in [4.78, 5) is 10.9. The Hall–Kier alpha value is -1.44. The fourth-order valence-electron chi connectivity index (χ4n) is 2.40. The van der Waals surface area contributed by atoms with E-state index in [-0.39, 0.29) is 0 Å². The van der Waals surface area contributed by atoms with Crippen LogP contribution in [0.4, 0.5) is 5.95 Å². The fourth-order valence-corrected chi connectivity index (χ4v) is 3.36. The number of hydrazine groups is 1. The van der Waals surface area contributed by atoms with Crippen molar-refractivity contribution in [3.8, 4) is 5.88 Å². The SMILES string of the molecule is CCc1cc2c(OCC3CCOCC3)nc(NN)nc2s1. The number of anilines is 1. The van der Waals surface area contributed by atoms with Crippen LogP contribution in [0.3, 0.4) is 0 Å². The molecule has 1 aliphatic heterocycles. The van der Waals surface area contributed by atoms with Crippen LogP contribution in [0.15, 0.2) is 6.07 Å². The summed E-state index contributed by atoms with van der Waals surface area (Å²) in [7, 11) is 0. The van der Waals surface area contributed by atoms with Crippen LogP contribution in [0.25, 0.3) is 10.2 Å². The van der Waals surface area contributed by atoms with Gasteiger partial charge in [0.15, 0.2) is 0 Å². The van der Waals surface area contributed by atoms with E-state index in [0.29, 0.717) is 24.4 Å². The highest BCUT2D eigenvalue weighted by molar-refractivity contribution is 7.18. The summed E-state index contributed by atoms with van der Waals surface area (Å²) in [5.41, 5.74) is 2.51. The van der Waals surface area contributed by atoms with Crippen molar-refractivity contribution >= 4 is 27.5 Å². The van der Waals surface area contributed by atoms with E-state index in [4.69, 9.17) is 15.3 Å². The highest BCUT2D eigenvalue weighted by Crippen LogP contribution is 2.32. The summed E-state index contributed by atoms with van der Waals surface area (Å²) in [6.07, 6.45) is 3.06. The minimum Gasteiger partial charge on any atom is -0.477 e. The molecule has 2 aromatic rings. The lowest BCUT2D eigenvalue weighted by molar-refractivity contribution is 0.0493. The third kappa shape index (κ3) is 3.25. The van der Waals surface area contributed by atoms with Crippen molar-refractivity contribution in [2.24, 2.45) is 11.8 Å². The van der Waals surface area contributed by atoms with Crippen LogP contribution in [0.1, 0.15) is 24.6 Å². The van der Waals surface area contributed by atoms with Crippen LogP contribution < -0.4 is 16.0 Å². The quantitative estimate of drug-likeness (QED) is 0.652. The van der Waals surface area contributed by atoms with E-state index in [9.17, 15) is 0 Å². The molecule has 7 heteroatoms. The lowest BCUT2D eigenvalue weighted by atomic mass is 10.0. The van der Waals surface area contributed by atoms with Crippen molar-refractivity contribution in [2.45, 2.75) is 26.2 Å². The van der Waals surface area contributed by atoms with E-state index in [0.717, 1.165) is 42.7 Å². The molecule has 0 amide bonds. The molecule has 2 aromatic heterocycles. The van der Waals surface area contributed by atoms with Crippen molar-refractivity contribution in [3.63, 3.8) is 0 Å². The Labute approximate surface area is 127 Å². The molecule has 1 aliphatic rings. The van der Waals surface area contributed by atoms with E-state index in [1.807, 2.05) is 0 Å². The zero-order valence-corrected chi connectivity index (χ0v) is 12.9. The standard InChI is InChI=1S/C14H20N4O2S/c1-2-10-7-11-12(16-14(18-15)17-13(11)21-10)20-8-9-3-5-19-6-4-9/h7,9H,2-6,8,15H2,1H3,(H,16,17,18). The molecular weight excluding hydrogens is 288 g/mol. The monoisotopic (exact) mass is 308 g/mol. The molecule has 0 atom stereocenters. The van der Waals surface area contributed by atoms with Gasteiger partial charge in [-0.3, -0.25) is 5.43 Å². The molecule has 21 heavy (non-hydrogen) atoms. The summed E-state index contributed by atoms with van der Waals surface area (Å²) < 4.78 is 11.3. The first-order valence-electron chi connectivity index (χ1n) is 7.27. The summed E-state index contributed by atoms with van der Waals surface area (Å²) in [6, 6.07) is 2.11. The van der Waals surface area contributed by atoms with E-state index in [1.54, 1.807) is 11.3 Å². The Morgan fingerprint density at radius 1 is 1.43 bits per heavy atom. The molecule has 0 aromatic carbocycles. The van der Waals surface area contributed by atoms with Crippen molar-refractivity contribution in [1.82, 2.24) is 9.97 Å². The van der Waals surface area contributed by atoms with Crippen LogP contribution in [0.2, 0.25) is 0 Å². The lowest BCUT2D eigenvalue weighted by Gasteiger charge is -2.21. The van der Waals surface area contributed by atoms with E-state index >= 15 is 0 Å². The second kappa shape index (κ2) is 6.55. The van der Waals surface area contributed by atoms with Gasteiger partial charge in [-0.05, 0) is 31.2 Å². The average Bonchev–Trinajstić information content (AvgIpc) is 2.96. The average molecular weight is 308 g/mol. The molecule has 0 saturated carbocycles. The summed E-state index contributed by atoms with van der Waals surface area (Å²) in [5.74, 6) is 6.99. The molecule has 1 saturated heterocycles. The first kappa shape index (κ1) is 14.5. The van der Waals surface area contributed by atoms with Crippen LogP contribution >= 0.6 is 11.3 Å². The van der Waals surface area contributed by atoms with E-state index in [1.165, 1.54) is 4.88 Å². The number of nitrogens with one attached hydrogen (secondary N) is 1. The summed E-state index contributed by atoms with van der Waals surface area (Å²) >= 11 is 1.66. The van der Waals surface area contributed by atoms with E-state index < -0.39 is 0 Å². The second-order valence-corrected chi connectivity index (χ2v) is 6.26. The number of ether oxygens (including phenoxy) is 2. The number of hydrogen-bond acceptors (Lipinski definition) is 7. The third-order valence-electron chi connectivity index (χ3n) is 3.68. The number of fused-ring (bicyclic) bond motifs is 1. The number of hydrogen-bond donors (Lipinski definition) is 2. The van der Waals surface area contributed by atoms with Crippen LogP contribution in [0, 0.1) is 5.92 Å². The maximum absolute atomic E-state index is 5.96. The van der Waals surface area contributed by atoms with Crippen LogP contribution in [0.5, 0.6) is 5.88 Å². The third-order valence-corrected chi connectivity index (χ3v) is 4.86. The maximum atomic E-state index is 5.96. The summed E-state index contributed by atoms with van der Waals surface area (Å²) in [6.45, 7) is 4.43. The first-order chi connectivity index (χ1) is 10.3. The smallest absolute Gasteiger partial charge is 0.241 e. The molecule has 1 fully saturated rings. The van der Waals surface area contributed by atoms with Crippen molar-refractivity contribution in [1.29, 1.82) is 0 Å². The van der Waals surface area contributed by atoms with E-state index in [2.05, 4.69) is 28.4 Å². The number of thiophene rings is 1. The molecular formula is C14H20N4O2S. The highest BCUT2D eigenvalue weighted by Gasteiger charge is 2.17. The minimum absolute atomic E-state index is 0.397. The number of rotatable bonds is 5. The topological polar surface area (TPSA) is 82.3 Å². The Morgan fingerprint density at radius 3 is 2.95 bits per heavy atom. The van der Waals surface area contributed by atoms with Crippen molar-refractivity contribution in [3.05, 3.63) is 10.9 Å². The molecule has 0 radical (unpaired) electrons. The number of nitrogen functional groups attached to an aromatic ring is 1. The minimum atomic E-state index is 0.397. The zero-order valence-electron chi connectivity index (χ0n) is 12.1. The highest BCUT2D eigenvalue weighted by atomic mass is 32.1. The molecule has 3 heterocycles. The second-order valence-electron chi connectivity index (χ2n) is 5.15. The van der Waals surface area contributed by atoms with Gasteiger partial charge in [0.25, 0.3) is 0 Å². The lowest BCUT2D eigenvalue weighted by Crippen LogP contribution is -2.22. The molecule has 114 valence electrons. The first-order valence-corrected chi connectivity index (χ1v) is 8.09. The van der Waals surface area contributed by atoms with Crippen molar-refractivity contribution < 1.29 is 9.47 Å². The van der Waals surface area contributed by atoms with Gasteiger partial charge in [-0.2, -0.15) is 4.98 Å². The molecule has 0 bridgehead atoms. The van der Waals surface area contributed by atoms with Gasteiger partial charge in [0.2, 0.25) is 11.8 Å². The number of aryl methyl sites for hydroxylation is 1. The largest absolute Gasteiger partial charge is 0.477 e. The fraction of sp³-hybridized carbons (Fsp3) is 0.571. The predicted molar refractivity (Wildman–Crippen MR) is 83.6 cm³/mol.